The molecule has 2 N–H and O–H groups in total. The first-order valence-corrected chi connectivity index (χ1v) is 6.52. The zero-order valence-electron chi connectivity index (χ0n) is 10.8. The van der Waals surface area contributed by atoms with E-state index in [1.807, 2.05) is 0 Å². The maximum atomic E-state index is 12.1. The summed E-state index contributed by atoms with van der Waals surface area (Å²) in [6.45, 7) is 0.300. The van der Waals surface area contributed by atoms with E-state index in [-0.39, 0.29) is 16.4 Å². The lowest BCUT2D eigenvalue weighted by molar-refractivity contribution is -0.384. The van der Waals surface area contributed by atoms with Crippen molar-refractivity contribution < 1.29 is 19.6 Å². The molecule has 0 aliphatic carbocycles. The largest absolute Gasteiger partial charge is 0.465 e. The summed E-state index contributed by atoms with van der Waals surface area (Å²) in [5.41, 5.74) is -0.121. The molecule has 1 heterocycles. The molecule has 21 heavy (non-hydrogen) atoms. The SMILES string of the molecule is O=C(Nc1ccc(Cl)c([N+](=O)[O-])c1)[C@@H]1CCCN1C(=O)O. The van der Waals surface area contributed by atoms with E-state index >= 15 is 0 Å². The third kappa shape index (κ3) is 3.22. The van der Waals surface area contributed by atoms with Gasteiger partial charge in [-0.25, -0.2) is 4.79 Å². The second kappa shape index (κ2) is 5.96. The number of amides is 2. The van der Waals surface area contributed by atoms with Gasteiger partial charge in [-0.15, -0.1) is 0 Å². The molecule has 2 amide bonds. The van der Waals surface area contributed by atoms with E-state index in [4.69, 9.17) is 16.7 Å². The Kier molecular flexibility index (Phi) is 4.27. The molecule has 8 nitrogen and oxygen atoms in total. The molecule has 1 saturated heterocycles. The number of carbonyl (C=O) groups is 2. The number of carbonyl (C=O) groups excluding carboxylic acids is 1. The molecule has 9 heteroatoms. The molecule has 1 aliphatic rings. The van der Waals surface area contributed by atoms with E-state index in [0.29, 0.717) is 19.4 Å². The zero-order chi connectivity index (χ0) is 15.6. The van der Waals surface area contributed by atoms with Gasteiger partial charge in [0.05, 0.1) is 4.92 Å². The fourth-order valence-corrected chi connectivity index (χ4v) is 2.41. The van der Waals surface area contributed by atoms with Gasteiger partial charge < -0.3 is 10.4 Å². The van der Waals surface area contributed by atoms with Crippen LogP contribution in [-0.2, 0) is 4.79 Å². The number of benzene rings is 1. The summed E-state index contributed by atoms with van der Waals surface area (Å²) in [7, 11) is 0. The third-order valence-electron chi connectivity index (χ3n) is 3.21. The minimum atomic E-state index is -1.16. The van der Waals surface area contributed by atoms with Gasteiger partial charge in [0, 0.05) is 18.3 Å². The molecule has 0 saturated carbocycles. The van der Waals surface area contributed by atoms with Gasteiger partial charge in [-0.2, -0.15) is 0 Å². The molecular formula is C12H12ClN3O5. The van der Waals surface area contributed by atoms with Crippen molar-refractivity contribution in [3.63, 3.8) is 0 Å². The fourth-order valence-electron chi connectivity index (χ4n) is 2.22. The number of nitro groups is 1. The van der Waals surface area contributed by atoms with Crippen LogP contribution in [0.1, 0.15) is 12.8 Å². The van der Waals surface area contributed by atoms with Crippen molar-refractivity contribution in [2.75, 3.05) is 11.9 Å². The summed E-state index contributed by atoms with van der Waals surface area (Å²) in [4.78, 5) is 34.3. The first-order chi connectivity index (χ1) is 9.90. The number of nitro benzene ring substituents is 1. The standard InChI is InChI=1S/C12H12ClN3O5/c13-8-4-3-7(6-10(8)16(20)21)14-11(17)9-2-1-5-15(9)12(18)19/h3-4,6,9H,1-2,5H2,(H,14,17)(H,18,19)/t9-/m0/s1. The van der Waals surface area contributed by atoms with Crippen LogP contribution in [0.15, 0.2) is 18.2 Å². The van der Waals surface area contributed by atoms with Crippen molar-refractivity contribution >= 4 is 35.0 Å². The molecule has 1 aromatic rings. The van der Waals surface area contributed by atoms with Crippen LogP contribution in [0.2, 0.25) is 5.02 Å². The summed E-state index contributed by atoms with van der Waals surface area (Å²) in [5, 5.41) is 22.2. The van der Waals surface area contributed by atoms with Gasteiger partial charge in [0.15, 0.2) is 0 Å². The normalized spacial score (nSPS) is 17.6. The molecule has 1 fully saturated rings. The van der Waals surface area contributed by atoms with Gasteiger partial charge >= 0.3 is 6.09 Å². The van der Waals surface area contributed by atoms with Crippen molar-refractivity contribution in [3.8, 4) is 0 Å². The monoisotopic (exact) mass is 313 g/mol. The number of carboxylic acid groups (broad SMARTS) is 1. The number of likely N-dealkylation sites (tertiary alicyclic amines) is 1. The molecule has 0 bridgehead atoms. The molecule has 1 aliphatic heterocycles. The number of nitrogens with one attached hydrogen (secondary N) is 1. The lowest BCUT2D eigenvalue weighted by atomic mass is 10.2. The highest BCUT2D eigenvalue weighted by molar-refractivity contribution is 6.32. The maximum Gasteiger partial charge on any atom is 0.407 e. The van der Waals surface area contributed by atoms with E-state index in [1.165, 1.54) is 12.1 Å². The molecule has 2 rings (SSSR count). The molecular weight excluding hydrogens is 302 g/mol. The van der Waals surface area contributed by atoms with Gasteiger partial charge in [-0.1, -0.05) is 11.6 Å². The Morgan fingerprint density at radius 1 is 1.48 bits per heavy atom. The predicted molar refractivity (Wildman–Crippen MR) is 74.5 cm³/mol. The van der Waals surface area contributed by atoms with Crippen molar-refractivity contribution in [2.45, 2.75) is 18.9 Å². The number of hydrogen-bond donors (Lipinski definition) is 2. The van der Waals surface area contributed by atoms with E-state index < -0.39 is 23.0 Å². The van der Waals surface area contributed by atoms with E-state index in [2.05, 4.69) is 5.32 Å². The van der Waals surface area contributed by atoms with Gasteiger partial charge in [0.2, 0.25) is 5.91 Å². The zero-order valence-corrected chi connectivity index (χ0v) is 11.5. The van der Waals surface area contributed by atoms with Crippen LogP contribution in [0.4, 0.5) is 16.2 Å². The number of nitrogens with zero attached hydrogens (tertiary/aromatic N) is 2. The van der Waals surface area contributed by atoms with Crippen LogP contribution >= 0.6 is 11.6 Å². The lowest BCUT2D eigenvalue weighted by Crippen LogP contribution is -2.42. The first-order valence-electron chi connectivity index (χ1n) is 6.14. The maximum absolute atomic E-state index is 12.1. The smallest absolute Gasteiger partial charge is 0.407 e. The fraction of sp³-hybridized carbons (Fsp3) is 0.333. The van der Waals surface area contributed by atoms with Gasteiger partial charge in [-0.3, -0.25) is 19.8 Å². The van der Waals surface area contributed by atoms with Crippen LogP contribution in [-0.4, -0.2) is 39.5 Å². The van der Waals surface area contributed by atoms with Crippen molar-refractivity contribution in [1.29, 1.82) is 0 Å². The Morgan fingerprint density at radius 3 is 2.81 bits per heavy atom. The van der Waals surface area contributed by atoms with Gasteiger partial charge in [0.25, 0.3) is 5.69 Å². The average molecular weight is 314 g/mol. The summed E-state index contributed by atoms with van der Waals surface area (Å²) < 4.78 is 0. The Morgan fingerprint density at radius 2 is 2.19 bits per heavy atom. The van der Waals surface area contributed by atoms with Crippen LogP contribution < -0.4 is 5.32 Å². The van der Waals surface area contributed by atoms with Crippen molar-refractivity contribution in [3.05, 3.63) is 33.3 Å². The number of halogens is 1. The number of hydrogen-bond acceptors (Lipinski definition) is 4. The molecule has 0 spiro atoms. The van der Waals surface area contributed by atoms with Crippen LogP contribution in [0, 0.1) is 10.1 Å². The van der Waals surface area contributed by atoms with Crippen LogP contribution in [0.25, 0.3) is 0 Å². The highest BCUT2D eigenvalue weighted by atomic mass is 35.5. The quantitative estimate of drug-likeness (QED) is 0.656. The average Bonchev–Trinajstić information content (AvgIpc) is 2.90. The molecule has 0 aromatic heterocycles. The highest BCUT2D eigenvalue weighted by Gasteiger charge is 2.34. The minimum Gasteiger partial charge on any atom is -0.465 e. The van der Waals surface area contributed by atoms with Crippen molar-refractivity contribution in [2.24, 2.45) is 0 Å². The molecule has 0 unspecified atom stereocenters. The van der Waals surface area contributed by atoms with Gasteiger partial charge in [0.1, 0.15) is 11.1 Å². The second-order valence-corrected chi connectivity index (χ2v) is 4.95. The molecule has 112 valence electrons. The minimum absolute atomic E-state index is 0.0361. The lowest BCUT2D eigenvalue weighted by Gasteiger charge is -2.20. The summed E-state index contributed by atoms with van der Waals surface area (Å²) in [5.74, 6) is -0.508. The summed E-state index contributed by atoms with van der Waals surface area (Å²) >= 11 is 5.68. The molecule has 1 atom stereocenters. The van der Waals surface area contributed by atoms with E-state index in [0.717, 1.165) is 11.0 Å². The predicted octanol–water partition coefficient (Wildman–Crippen LogP) is 2.33. The summed E-state index contributed by atoms with van der Waals surface area (Å²) in [6, 6.07) is 3.09. The molecule has 0 radical (unpaired) electrons. The Bertz CT molecular complexity index is 607. The Balaban J connectivity index is 2.14. The first kappa shape index (κ1) is 15.0. The third-order valence-corrected chi connectivity index (χ3v) is 3.53. The topological polar surface area (TPSA) is 113 Å². The van der Waals surface area contributed by atoms with Crippen LogP contribution in [0.3, 0.4) is 0 Å². The van der Waals surface area contributed by atoms with Gasteiger partial charge in [-0.05, 0) is 25.0 Å². The van der Waals surface area contributed by atoms with E-state index in [1.54, 1.807) is 0 Å². The second-order valence-electron chi connectivity index (χ2n) is 4.55. The molecule has 1 aromatic carbocycles. The summed E-state index contributed by atoms with van der Waals surface area (Å²) in [6.07, 6.45) is -0.131. The van der Waals surface area contributed by atoms with Crippen molar-refractivity contribution in [1.82, 2.24) is 4.90 Å². The number of rotatable bonds is 3. The Labute approximate surface area is 124 Å². The number of anilines is 1. The van der Waals surface area contributed by atoms with Crippen LogP contribution in [0.5, 0.6) is 0 Å². The van der Waals surface area contributed by atoms with E-state index in [9.17, 15) is 19.7 Å². The highest BCUT2D eigenvalue weighted by Crippen LogP contribution is 2.28. The Hall–Kier alpha value is -2.35.